The molecule has 0 bridgehead atoms. The summed E-state index contributed by atoms with van der Waals surface area (Å²) in [6.07, 6.45) is 27.1. The first-order valence-corrected chi connectivity index (χ1v) is 31.0. The van der Waals surface area contributed by atoms with Gasteiger partial charge in [0.2, 0.25) is 0 Å². The monoisotopic (exact) mass is 1090 g/mol. The van der Waals surface area contributed by atoms with Crippen LogP contribution in [0.1, 0.15) is 252 Å². The van der Waals surface area contributed by atoms with Crippen molar-refractivity contribution >= 4 is 41.7 Å². The minimum absolute atomic E-state index is 0.0111. The van der Waals surface area contributed by atoms with Gasteiger partial charge in [-0.15, -0.1) is 0 Å². The van der Waals surface area contributed by atoms with Crippen LogP contribution in [0.15, 0.2) is 0 Å². The van der Waals surface area contributed by atoms with Crippen LogP contribution in [0.3, 0.4) is 0 Å². The minimum Gasteiger partial charge on any atom is -0.465 e. The molecule has 2 aliphatic rings. The van der Waals surface area contributed by atoms with Gasteiger partial charge in [0.05, 0.1) is 51.6 Å². The molecule has 0 aromatic rings. The number of likely N-dealkylation sites (tertiary alicyclic amines) is 2. The second-order valence-electron chi connectivity index (χ2n) is 22.3. The van der Waals surface area contributed by atoms with Gasteiger partial charge in [0.1, 0.15) is 12.4 Å². The summed E-state index contributed by atoms with van der Waals surface area (Å²) in [7, 11) is 0. The van der Waals surface area contributed by atoms with Crippen LogP contribution in [-0.4, -0.2) is 135 Å². The topological polar surface area (TPSA) is 202 Å². The van der Waals surface area contributed by atoms with Gasteiger partial charge >= 0.3 is 35.9 Å². The molecule has 2 saturated heterocycles. The lowest BCUT2D eigenvalue weighted by Gasteiger charge is -2.29. The fourth-order valence-corrected chi connectivity index (χ4v) is 10.1. The van der Waals surface area contributed by atoms with E-state index in [9.17, 15) is 38.7 Å². The number of amides is 1. The number of ketones is 1. The fourth-order valence-electron chi connectivity index (χ4n) is 10.1. The Morgan fingerprint density at radius 2 is 0.857 bits per heavy atom. The van der Waals surface area contributed by atoms with Crippen LogP contribution in [0.4, 0.5) is 4.79 Å². The third kappa shape index (κ3) is 36.9. The Morgan fingerprint density at radius 3 is 1.27 bits per heavy atom. The van der Waals surface area contributed by atoms with Crippen LogP contribution in [0.5, 0.6) is 0 Å². The molecule has 1 N–H and O–H groups in total. The van der Waals surface area contributed by atoms with E-state index in [1.54, 1.807) is 0 Å². The molecule has 446 valence electrons. The van der Waals surface area contributed by atoms with Crippen molar-refractivity contribution in [1.29, 1.82) is 0 Å². The molecule has 0 unspecified atom stereocenters. The average molecular weight is 1090 g/mol. The molecule has 2 fully saturated rings. The third-order valence-corrected chi connectivity index (χ3v) is 14.9. The first kappa shape index (κ1) is 69.3. The van der Waals surface area contributed by atoms with Gasteiger partial charge in [-0.3, -0.25) is 28.8 Å². The second kappa shape index (κ2) is 46.0. The van der Waals surface area contributed by atoms with Crippen LogP contribution in [-0.2, 0) is 57.2 Å². The van der Waals surface area contributed by atoms with Crippen LogP contribution in [0.25, 0.3) is 0 Å². The van der Waals surface area contributed by atoms with Crippen LogP contribution >= 0.6 is 0 Å². The zero-order valence-electron chi connectivity index (χ0n) is 48.9. The largest absolute Gasteiger partial charge is 0.465 e. The third-order valence-electron chi connectivity index (χ3n) is 14.9. The highest BCUT2D eigenvalue weighted by Gasteiger charge is 2.38. The number of ether oxygens (including phenoxy) is 6. The zero-order valence-corrected chi connectivity index (χ0v) is 48.9. The van der Waals surface area contributed by atoms with Crippen molar-refractivity contribution in [2.24, 2.45) is 17.8 Å². The van der Waals surface area contributed by atoms with E-state index in [4.69, 9.17) is 28.4 Å². The smallest absolute Gasteiger partial charge is 0.410 e. The molecule has 16 heteroatoms. The first-order valence-electron chi connectivity index (χ1n) is 31.0. The first-order chi connectivity index (χ1) is 37.4. The lowest BCUT2D eigenvalue weighted by atomic mass is 9.94. The zero-order chi connectivity index (χ0) is 56.1. The number of aliphatic hydroxyl groups excluding tert-OH is 1. The van der Waals surface area contributed by atoms with E-state index in [1.807, 2.05) is 0 Å². The molecule has 2 aliphatic heterocycles. The second-order valence-corrected chi connectivity index (χ2v) is 22.3. The van der Waals surface area contributed by atoms with Gasteiger partial charge in [0.15, 0.2) is 0 Å². The highest BCUT2D eigenvalue weighted by molar-refractivity contribution is 5.79. The normalized spacial score (nSPS) is 16.0. The molecule has 0 saturated carbocycles. The van der Waals surface area contributed by atoms with Gasteiger partial charge in [-0.2, -0.15) is 0 Å². The number of hydrogen-bond donors (Lipinski definition) is 1. The lowest BCUT2D eigenvalue weighted by Crippen LogP contribution is -2.40. The molecule has 1 amide bonds. The van der Waals surface area contributed by atoms with Gasteiger partial charge in [0.25, 0.3) is 0 Å². The van der Waals surface area contributed by atoms with E-state index < -0.39 is 29.9 Å². The number of nitrogens with zero attached hydrogens (tertiary/aromatic N) is 2. The average Bonchev–Trinajstić information content (AvgIpc) is 3.83. The summed E-state index contributed by atoms with van der Waals surface area (Å²) >= 11 is 0. The fraction of sp³-hybridized carbons (Fsp3) is 0.885. The number of piperidine rings is 1. The molecule has 0 aromatic carbocycles. The van der Waals surface area contributed by atoms with Gasteiger partial charge < -0.3 is 43.3 Å². The number of unbranched alkanes of at least 4 members (excludes halogenated alkanes) is 20. The Bertz CT molecular complexity index is 1520. The lowest BCUT2D eigenvalue weighted by molar-refractivity contribution is -0.155. The predicted octanol–water partition coefficient (Wildman–Crippen LogP) is 12.4. The molecule has 0 aromatic heterocycles. The summed E-state index contributed by atoms with van der Waals surface area (Å²) in [5.41, 5.74) is 0. The summed E-state index contributed by atoms with van der Waals surface area (Å²) in [4.78, 5) is 96.1. The Balaban J connectivity index is 2.13. The van der Waals surface area contributed by atoms with Gasteiger partial charge in [0, 0.05) is 76.5 Å². The molecule has 77 heavy (non-hydrogen) atoms. The van der Waals surface area contributed by atoms with Crippen molar-refractivity contribution in [1.82, 2.24) is 9.80 Å². The van der Waals surface area contributed by atoms with Crippen molar-refractivity contribution in [3.05, 3.63) is 0 Å². The molecule has 2 rings (SSSR count). The van der Waals surface area contributed by atoms with Gasteiger partial charge in [-0.1, -0.05) is 156 Å². The maximum Gasteiger partial charge on any atom is 0.410 e. The Kier molecular flexibility index (Phi) is 41.4. The van der Waals surface area contributed by atoms with E-state index in [1.165, 1.54) is 17.7 Å². The number of carbonyl (C=O) groups excluding carboxylic acids is 7. The maximum atomic E-state index is 13.9. The highest BCUT2D eigenvalue weighted by Crippen LogP contribution is 2.29. The van der Waals surface area contributed by atoms with E-state index in [2.05, 4.69) is 32.6 Å². The van der Waals surface area contributed by atoms with Crippen LogP contribution in [0.2, 0.25) is 0 Å². The Labute approximate surface area is 465 Å². The molecule has 0 radical (unpaired) electrons. The molecular formula is C61H108N2O14. The van der Waals surface area contributed by atoms with E-state index in [0.717, 1.165) is 142 Å². The van der Waals surface area contributed by atoms with Crippen molar-refractivity contribution in [3.63, 3.8) is 0 Å². The number of aliphatic hydroxyl groups is 1. The maximum absolute atomic E-state index is 13.9. The van der Waals surface area contributed by atoms with Crippen LogP contribution < -0.4 is 0 Å². The SMILES string of the molecule is CCCCCCCCC(=O)OCC(COC(=O)CCCCCCCC)CC(=O)C[C@H]1C[C@H](COC(=O)CC(COC(=O)CCCCCCCC)COC(=O)CCCCCCCC)N(C(=O)OCCCN2CCC(O)CC2)C1. The number of hydrogen-bond acceptors (Lipinski definition) is 15. The molecule has 2 heterocycles. The highest BCUT2D eigenvalue weighted by atomic mass is 16.6. The number of Topliss-reactive ketones (excluding diaryl/α,β-unsaturated/α-hetero) is 1. The predicted molar refractivity (Wildman–Crippen MR) is 299 cm³/mol. The standard InChI is InChI=1S/C61H108N2O14/c1-5-9-13-17-21-25-30-56(66)73-45-51(46-74-57(67)31-26-22-18-14-10-6-2)42-55(65)41-50-40-53(63(44-50)61(71)72-39-29-36-62-37-34-54(64)35-38-62)49-77-60(70)43-52(47-75-58(68)32-27-23-19-15-11-7-3)48-76-59(69)33-28-24-20-16-12-8-4/h50-54,64H,5-49H2,1-4H3/t50-,53-/m1/s1. The van der Waals surface area contributed by atoms with Gasteiger partial charge in [-0.05, 0) is 57.3 Å². The quantitative estimate of drug-likeness (QED) is 0.0342. The summed E-state index contributed by atoms with van der Waals surface area (Å²) < 4.78 is 34.2. The summed E-state index contributed by atoms with van der Waals surface area (Å²) in [5, 5.41) is 9.92. The Hall–Kier alpha value is -3.79. The Morgan fingerprint density at radius 1 is 0.468 bits per heavy atom. The number of rotatable bonds is 48. The van der Waals surface area contributed by atoms with Crippen molar-refractivity contribution in [3.8, 4) is 0 Å². The van der Waals surface area contributed by atoms with E-state index in [0.29, 0.717) is 45.1 Å². The van der Waals surface area contributed by atoms with Gasteiger partial charge in [-0.25, -0.2) is 4.79 Å². The van der Waals surface area contributed by atoms with E-state index in [-0.39, 0.29) is 133 Å². The van der Waals surface area contributed by atoms with Crippen LogP contribution in [0, 0.1) is 17.8 Å². The molecular weight excluding hydrogens is 985 g/mol. The molecule has 2 atom stereocenters. The summed E-state index contributed by atoms with van der Waals surface area (Å²) in [5.74, 6) is -3.62. The number of esters is 5. The summed E-state index contributed by atoms with van der Waals surface area (Å²) in [6, 6.07) is -0.599. The van der Waals surface area contributed by atoms with Crippen molar-refractivity contribution in [2.45, 2.75) is 265 Å². The van der Waals surface area contributed by atoms with Crippen molar-refractivity contribution < 1.29 is 67.1 Å². The molecule has 0 aliphatic carbocycles. The minimum atomic E-state index is -0.639. The summed E-state index contributed by atoms with van der Waals surface area (Å²) in [6.45, 7) is 10.8. The molecule has 16 nitrogen and oxygen atoms in total. The number of carbonyl (C=O) groups is 7. The van der Waals surface area contributed by atoms with Crippen molar-refractivity contribution in [2.75, 3.05) is 65.8 Å². The van der Waals surface area contributed by atoms with E-state index >= 15 is 0 Å². The molecule has 0 spiro atoms.